The molecule has 0 aliphatic heterocycles. The second-order valence-electron chi connectivity index (χ2n) is 4.94. The van der Waals surface area contributed by atoms with Crippen molar-refractivity contribution >= 4 is 38.4 Å². The van der Waals surface area contributed by atoms with E-state index in [1.165, 1.54) is 0 Å². The second kappa shape index (κ2) is 4.89. The molecule has 0 spiro atoms. The number of fused-ring (bicyclic) bond motifs is 2. The van der Waals surface area contributed by atoms with Crippen molar-refractivity contribution in [2.75, 3.05) is 0 Å². The van der Waals surface area contributed by atoms with Crippen molar-refractivity contribution in [2.45, 2.75) is 20.0 Å². The maximum Gasteiger partial charge on any atom is 0.352 e. The lowest BCUT2D eigenvalue weighted by molar-refractivity contribution is 0.0381. The zero-order valence-corrected chi connectivity index (χ0v) is 12.3. The number of carbonyl (C=O) groups excluding carboxylic acids is 1. The summed E-state index contributed by atoms with van der Waals surface area (Å²) >= 11 is 1.02. The number of benzene rings is 1. The lowest BCUT2D eigenvalue weighted by Gasteiger charge is -2.05. The maximum absolute atomic E-state index is 12.4. The molecule has 2 N–H and O–H groups in total. The average Bonchev–Trinajstić information content (AvgIpc) is 2.76. The summed E-state index contributed by atoms with van der Waals surface area (Å²) in [6, 6.07) is 7.02. The molecule has 21 heavy (non-hydrogen) atoms. The van der Waals surface area contributed by atoms with E-state index >= 15 is 0 Å². The number of hydrogen-bond acceptors (Lipinski definition) is 5. The van der Waals surface area contributed by atoms with Gasteiger partial charge in [-0.3, -0.25) is 4.79 Å². The van der Waals surface area contributed by atoms with Crippen molar-refractivity contribution in [3.63, 3.8) is 0 Å². The quantitative estimate of drug-likeness (QED) is 0.713. The summed E-state index contributed by atoms with van der Waals surface area (Å²) in [7, 11) is 0. The smallest absolute Gasteiger partial charge is 0.352 e. The molecular weight excluding hydrogens is 290 g/mol. The molecule has 0 bridgehead atoms. The van der Waals surface area contributed by atoms with E-state index in [0.29, 0.717) is 15.7 Å². The Labute approximate surface area is 123 Å². The van der Waals surface area contributed by atoms with E-state index in [4.69, 9.17) is 4.74 Å². The summed E-state index contributed by atoms with van der Waals surface area (Å²) in [6.07, 6.45) is -0.295. The predicted octanol–water partition coefficient (Wildman–Crippen LogP) is 3.01. The van der Waals surface area contributed by atoms with Gasteiger partial charge in [-0.15, -0.1) is 11.3 Å². The van der Waals surface area contributed by atoms with Gasteiger partial charge in [0.2, 0.25) is 5.43 Å². The van der Waals surface area contributed by atoms with Crippen molar-refractivity contribution in [2.24, 2.45) is 0 Å². The van der Waals surface area contributed by atoms with Gasteiger partial charge in [-0.1, -0.05) is 12.1 Å². The van der Waals surface area contributed by atoms with Crippen LogP contribution in [0.1, 0.15) is 23.5 Å². The maximum atomic E-state index is 12.4. The number of para-hydroxylation sites is 1. The van der Waals surface area contributed by atoms with Crippen molar-refractivity contribution < 1.29 is 14.6 Å². The predicted molar refractivity (Wildman–Crippen MR) is 82.2 cm³/mol. The SMILES string of the molecule is CC(C)OC(=O)c1sc2[nH]c3ccccc3c(=O)c2c1O. The fraction of sp³-hybridized carbons (Fsp3) is 0.200. The first-order valence-corrected chi connectivity index (χ1v) is 7.28. The number of nitrogens with one attached hydrogen (secondary N) is 1. The summed E-state index contributed by atoms with van der Waals surface area (Å²) in [5.74, 6) is -0.937. The average molecular weight is 303 g/mol. The highest BCUT2D eigenvalue weighted by Crippen LogP contribution is 2.35. The van der Waals surface area contributed by atoms with Gasteiger partial charge >= 0.3 is 5.97 Å². The summed E-state index contributed by atoms with van der Waals surface area (Å²) in [5.41, 5.74) is 0.372. The molecule has 5 nitrogen and oxygen atoms in total. The molecule has 0 aliphatic carbocycles. The Morgan fingerprint density at radius 3 is 2.76 bits per heavy atom. The molecule has 0 saturated carbocycles. The molecule has 2 heterocycles. The number of H-pyrrole nitrogens is 1. The van der Waals surface area contributed by atoms with Crippen molar-refractivity contribution in [3.05, 3.63) is 39.4 Å². The van der Waals surface area contributed by atoms with Crippen molar-refractivity contribution in [1.29, 1.82) is 0 Å². The molecule has 0 unspecified atom stereocenters. The third-order valence-corrected chi connectivity index (χ3v) is 4.13. The minimum Gasteiger partial charge on any atom is -0.505 e. The van der Waals surface area contributed by atoms with Gasteiger partial charge in [0.15, 0.2) is 10.6 Å². The van der Waals surface area contributed by atoms with E-state index in [-0.39, 0.29) is 27.5 Å². The van der Waals surface area contributed by atoms with E-state index in [1.807, 2.05) is 6.07 Å². The molecule has 0 aliphatic rings. The van der Waals surface area contributed by atoms with Gasteiger partial charge in [0, 0.05) is 5.39 Å². The fourth-order valence-electron chi connectivity index (χ4n) is 2.17. The summed E-state index contributed by atoms with van der Waals surface area (Å²) in [4.78, 5) is 28.0. The van der Waals surface area contributed by atoms with Crippen LogP contribution in [0, 0.1) is 0 Å². The van der Waals surface area contributed by atoms with Crippen LogP contribution in [0.4, 0.5) is 0 Å². The summed E-state index contributed by atoms with van der Waals surface area (Å²) < 4.78 is 5.08. The molecule has 108 valence electrons. The van der Waals surface area contributed by atoms with Gasteiger partial charge < -0.3 is 14.8 Å². The third kappa shape index (κ3) is 2.17. The number of esters is 1. The normalized spacial score (nSPS) is 11.4. The molecular formula is C15H13NO4S. The van der Waals surface area contributed by atoms with Gasteiger partial charge in [-0.05, 0) is 26.0 Å². The summed E-state index contributed by atoms with van der Waals surface area (Å²) in [6.45, 7) is 3.45. The Kier molecular flexibility index (Phi) is 3.17. The fourth-order valence-corrected chi connectivity index (χ4v) is 3.16. The number of aromatic amines is 1. The largest absolute Gasteiger partial charge is 0.505 e. The van der Waals surface area contributed by atoms with Gasteiger partial charge in [0.1, 0.15) is 4.83 Å². The number of aromatic hydroxyl groups is 1. The Bertz CT molecular complexity index is 907. The standard InChI is InChI=1S/C15H13NO4S/c1-7(2)20-15(19)13-12(18)10-11(17)8-5-3-4-6-9(8)16-14(10)21-13/h3-7,18H,1-2H3,(H,16,17). The summed E-state index contributed by atoms with van der Waals surface area (Å²) in [5, 5.41) is 10.8. The lowest BCUT2D eigenvalue weighted by Crippen LogP contribution is -2.10. The molecule has 0 fully saturated rings. The van der Waals surface area contributed by atoms with Crippen molar-refractivity contribution in [1.82, 2.24) is 4.98 Å². The third-order valence-electron chi connectivity index (χ3n) is 3.06. The van der Waals surface area contributed by atoms with Crippen LogP contribution in [0.15, 0.2) is 29.1 Å². The van der Waals surface area contributed by atoms with Crippen LogP contribution in [0.25, 0.3) is 21.1 Å². The van der Waals surface area contributed by atoms with Crippen LogP contribution in [-0.4, -0.2) is 22.2 Å². The molecule has 0 amide bonds. The lowest BCUT2D eigenvalue weighted by atomic mass is 10.1. The second-order valence-corrected chi connectivity index (χ2v) is 5.96. The van der Waals surface area contributed by atoms with E-state index in [1.54, 1.807) is 32.0 Å². The zero-order chi connectivity index (χ0) is 15.1. The monoisotopic (exact) mass is 303 g/mol. The van der Waals surface area contributed by atoms with E-state index in [0.717, 1.165) is 11.3 Å². The molecule has 0 saturated heterocycles. The molecule has 0 radical (unpaired) electrons. The number of carbonyl (C=O) groups is 1. The Morgan fingerprint density at radius 2 is 2.05 bits per heavy atom. The molecule has 3 aromatic rings. The van der Waals surface area contributed by atoms with Crippen LogP contribution in [0.5, 0.6) is 5.75 Å². The van der Waals surface area contributed by atoms with Gasteiger partial charge in [-0.2, -0.15) is 0 Å². The first kappa shape index (κ1) is 13.6. The first-order chi connectivity index (χ1) is 9.99. The minimum absolute atomic E-state index is 0.0438. The first-order valence-electron chi connectivity index (χ1n) is 6.46. The van der Waals surface area contributed by atoms with Crippen molar-refractivity contribution in [3.8, 4) is 5.75 Å². The van der Waals surface area contributed by atoms with E-state index in [2.05, 4.69) is 4.98 Å². The van der Waals surface area contributed by atoms with Crippen LogP contribution in [-0.2, 0) is 4.74 Å². The molecule has 6 heteroatoms. The highest BCUT2D eigenvalue weighted by Gasteiger charge is 2.23. The van der Waals surface area contributed by atoms with E-state index < -0.39 is 5.97 Å². The van der Waals surface area contributed by atoms with Crippen LogP contribution < -0.4 is 5.43 Å². The highest BCUT2D eigenvalue weighted by atomic mass is 32.1. The van der Waals surface area contributed by atoms with E-state index in [9.17, 15) is 14.7 Å². The number of pyridine rings is 1. The van der Waals surface area contributed by atoms with Crippen LogP contribution in [0.3, 0.4) is 0 Å². The topological polar surface area (TPSA) is 79.4 Å². The Morgan fingerprint density at radius 1 is 1.33 bits per heavy atom. The Balaban J connectivity index is 2.29. The number of thiophene rings is 1. The number of aromatic nitrogens is 1. The number of hydrogen-bond donors (Lipinski definition) is 2. The Hall–Kier alpha value is -2.34. The van der Waals surface area contributed by atoms with Gasteiger partial charge in [0.05, 0.1) is 17.0 Å². The molecule has 2 aromatic heterocycles. The number of rotatable bonds is 2. The highest BCUT2D eigenvalue weighted by molar-refractivity contribution is 7.20. The molecule has 3 rings (SSSR count). The minimum atomic E-state index is -0.624. The molecule has 1 aromatic carbocycles. The zero-order valence-electron chi connectivity index (χ0n) is 11.5. The van der Waals surface area contributed by atoms with Crippen LogP contribution >= 0.6 is 11.3 Å². The molecule has 0 atom stereocenters. The van der Waals surface area contributed by atoms with Gasteiger partial charge in [0.25, 0.3) is 0 Å². The number of ether oxygens (including phenoxy) is 1. The van der Waals surface area contributed by atoms with Gasteiger partial charge in [-0.25, -0.2) is 4.79 Å². The van der Waals surface area contributed by atoms with Crippen LogP contribution in [0.2, 0.25) is 0 Å².